The zero-order valence-corrected chi connectivity index (χ0v) is 13.1. The molecule has 2 aliphatic heterocycles. The van der Waals surface area contributed by atoms with E-state index in [1.165, 1.54) is 19.3 Å². The van der Waals surface area contributed by atoms with Crippen LogP contribution in [0.1, 0.15) is 59.3 Å². The van der Waals surface area contributed by atoms with E-state index >= 15 is 0 Å². The van der Waals surface area contributed by atoms with Crippen molar-refractivity contribution in [2.45, 2.75) is 95.2 Å². The maximum absolute atomic E-state index is 12.0. The Balaban J connectivity index is 1.56. The minimum absolute atomic E-state index is 0.0169. The Morgan fingerprint density at radius 3 is 2.43 bits per heavy atom. The van der Waals surface area contributed by atoms with Crippen LogP contribution in [0.25, 0.3) is 0 Å². The fourth-order valence-corrected chi connectivity index (χ4v) is 4.87. The van der Waals surface area contributed by atoms with E-state index in [9.17, 15) is 4.79 Å². The Hall–Kier alpha value is -0.650. The number of carbonyl (C=O) groups is 1. The molecule has 2 saturated carbocycles. The van der Waals surface area contributed by atoms with Crippen LogP contribution in [0.5, 0.6) is 0 Å². The quantitative estimate of drug-likeness (QED) is 0.687. The van der Waals surface area contributed by atoms with Gasteiger partial charge in [0.1, 0.15) is 17.9 Å². The van der Waals surface area contributed by atoms with Gasteiger partial charge >= 0.3 is 0 Å². The molecule has 0 unspecified atom stereocenters. The molecule has 4 atom stereocenters. The molecule has 4 rings (SSSR count). The number of fused-ring (bicyclic) bond motifs is 3. The lowest BCUT2D eigenvalue weighted by atomic mass is 9.94. The zero-order chi connectivity index (χ0) is 14.8. The Labute approximate surface area is 125 Å². The predicted molar refractivity (Wildman–Crippen MR) is 75.4 cm³/mol. The van der Waals surface area contributed by atoms with Crippen molar-refractivity contribution in [2.24, 2.45) is 0 Å². The smallest absolute Gasteiger partial charge is 0.222 e. The first-order valence-corrected chi connectivity index (χ1v) is 8.25. The first kappa shape index (κ1) is 14.0. The van der Waals surface area contributed by atoms with Gasteiger partial charge in [0.2, 0.25) is 5.91 Å². The van der Waals surface area contributed by atoms with Gasteiger partial charge in [0, 0.05) is 19.8 Å². The molecule has 0 aromatic rings. The Morgan fingerprint density at radius 1 is 1.05 bits per heavy atom. The fourth-order valence-electron chi connectivity index (χ4n) is 4.87. The third kappa shape index (κ3) is 1.97. The van der Waals surface area contributed by atoms with E-state index in [4.69, 9.17) is 14.2 Å². The lowest BCUT2D eigenvalue weighted by Crippen LogP contribution is -2.47. The molecule has 21 heavy (non-hydrogen) atoms. The van der Waals surface area contributed by atoms with Crippen molar-refractivity contribution < 1.29 is 19.0 Å². The molecular formula is C16H25NO4. The summed E-state index contributed by atoms with van der Waals surface area (Å²) in [6.45, 7) is 5.55. The van der Waals surface area contributed by atoms with Crippen molar-refractivity contribution in [1.82, 2.24) is 4.90 Å². The molecule has 4 aliphatic rings. The van der Waals surface area contributed by atoms with Crippen molar-refractivity contribution >= 4 is 5.91 Å². The van der Waals surface area contributed by atoms with Gasteiger partial charge in [-0.05, 0) is 33.1 Å². The summed E-state index contributed by atoms with van der Waals surface area (Å²) in [5.41, 5.74) is -0.544. The van der Waals surface area contributed by atoms with E-state index in [-0.39, 0.29) is 36.0 Å². The van der Waals surface area contributed by atoms with Crippen LogP contribution in [0.2, 0.25) is 0 Å². The average Bonchev–Trinajstić information content (AvgIpc) is 2.95. The molecule has 0 radical (unpaired) electrons. The van der Waals surface area contributed by atoms with Gasteiger partial charge in [0.15, 0.2) is 5.79 Å². The van der Waals surface area contributed by atoms with E-state index in [0.717, 1.165) is 19.3 Å². The largest absolute Gasteiger partial charge is 0.348 e. The predicted octanol–water partition coefficient (Wildman–Crippen LogP) is 2.19. The van der Waals surface area contributed by atoms with Gasteiger partial charge in [-0.1, -0.05) is 6.42 Å². The van der Waals surface area contributed by atoms with Crippen molar-refractivity contribution in [2.75, 3.05) is 0 Å². The van der Waals surface area contributed by atoms with Gasteiger partial charge < -0.3 is 19.1 Å². The molecule has 5 heteroatoms. The standard InChI is InChI=1S/C16H25NO4/c1-10(18)17-11-9-12-14(13(11)20-15(17,2)3)21-16(19-12)7-5-4-6-8-16/h11-14H,4-9H2,1-3H3/t11-,12-,13-,14-/m0/s1. The maximum Gasteiger partial charge on any atom is 0.222 e. The van der Waals surface area contributed by atoms with Crippen LogP contribution in [0.4, 0.5) is 0 Å². The van der Waals surface area contributed by atoms with Gasteiger partial charge in [-0.15, -0.1) is 0 Å². The third-order valence-electron chi connectivity index (χ3n) is 5.55. The Morgan fingerprint density at radius 2 is 1.76 bits per heavy atom. The Kier molecular flexibility index (Phi) is 2.95. The van der Waals surface area contributed by atoms with E-state index in [1.807, 2.05) is 18.7 Å². The van der Waals surface area contributed by atoms with Crippen LogP contribution < -0.4 is 0 Å². The number of hydrogen-bond acceptors (Lipinski definition) is 4. The average molecular weight is 295 g/mol. The second-order valence-electron chi connectivity index (χ2n) is 7.43. The topological polar surface area (TPSA) is 48.0 Å². The van der Waals surface area contributed by atoms with Crippen LogP contribution in [-0.4, -0.2) is 46.7 Å². The van der Waals surface area contributed by atoms with Crippen molar-refractivity contribution in [1.29, 1.82) is 0 Å². The van der Waals surface area contributed by atoms with Crippen LogP contribution in [0.3, 0.4) is 0 Å². The first-order chi connectivity index (χ1) is 9.92. The van der Waals surface area contributed by atoms with Crippen molar-refractivity contribution in [3.8, 4) is 0 Å². The minimum atomic E-state index is -0.544. The number of carbonyl (C=O) groups excluding carboxylic acids is 1. The van der Waals surface area contributed by atoms with Gasteiger partial charge in [-0.25, -0.2) is 0 Å². The van der Waals surface area contributed by atoms with Gasteiger partial charge in [-0.2, -0.15) is 0 Å². The number of hydrogen-bond donors (Lipinski definition) is 0. The van der Waals surface area contributed by atoms with E-state index in [0.29, 0.717) is 0 Å². The Bertz CT molecular complexity index is 457. The van der Waals surface area contributed by atoms with Gasteiger partial charge in [-0.3, -0.25) is 4.79 Å². The summed E-state index contributed by atoms with van der Waals surface area (Å²) < 4.78 is 18.9. The lowest BCUT2D eigenvalue weighted by molar-refractivity contribution is -0.208. The van der Waals surface area contributed by atoms with E-state index in [1.54, 1.807) is 6.92 Å². The van der Waals surface area contributed by atoms with Crippen LogP contribution in [0.15, 0.2) is 0 Å². The third-order valence-corrected chi connectivity index (χ3v) is 5.55. The zero-order valence-electron chi connectivity index (χ0n) is 13.1. The summed E-state index contributed by atoms with van der Waals surface area (Å²) in [6, 6.07) is 0.0911. The van der Waals surface area contributed by atoms with Gasteiger partial charge in [0.05, 0.1) is 12.1 Å². The maximum atomic E-state index is 12.0. The van der Waals surface area contributed by atoms with E-state index in [2.05, 4.69) is 0 Å². The highest BCUT2D eigenvalue weighted by atomic mass is 16.8. The summed E-state index contributed by atoms with van der Waals surface area (Å²) in [5, 5.41) is 0. The van der Waals surface area contributed by atoms with Gasteiger partial charge in [0.25, 0.3) is 0 Å². The van der Waals surface area contributed by atoms with Crippen molar-refractivity contribution in [3.05, 3.63) is 0 Å². The highest BCUT2D eigenvalue weighted by Gasteiger charge is 2.64. The van der Waals surface area contributed by atoms with Crippen LogP contribution in [0, 0.1) is 0 Å². The normalized spacial score (nSPS) is 43.1. The minimum Gasteiger partial charge on any atom is -0.348 e. The summed E-state index contributed by atoms with van der Waals surface area (Å²) >= 11 is 0. The molecule has 0 aromatic heterocycles. The molecule has 118 valence electrons. The summed E-state index contributed by atoms with van der Waals surface area (Å²) in [4.78, 5) is 13.9. The SMILES string of the molecule is CC(=O)N1[C@H]2C[C@@H]3OC4(CCCCC4)O[C@@H]3[C@H]2OC1(C)C. The molecule has 1 amide bonds. The summed E-state index contributed by atoms with van der Waals surface area (Å²) in [6.07, 6.45) is 6.48. The second-order valence-corrected chi connectivity index (χ2v) is 7.43. The summed E-state index contributed by atoms with van der Waals surface area (Å²) in [7, 11) is 0. The number of ether oxygens (including phenoxy) is 3. The molecule has 0 N–H and O–H groups in total. The lowest BCUT2D eigenvalue weighted by Gasteiger charge is -2.34. The molecule has 1 spiro atoms. The molecule has 4 fully saturated rings. The molecule has 0 bridgehead atoms. The number of nitrogens with zero attached hydrogens (tertiary/aromatic N) is 1. The fraction of sp³-hybridized carbons (Fsp3) is 0.938. The van der Waals surface area contributed by atoms with Crippen LogP contribution >= 0.6 is 0 Å². The molecule has 2 heterocycles. The highest BCUT2D eigenvalue weighted by Crippen LogP contribution is 2.51. The number of rotatable bonds is 0. The molecule has 5 nitrogen and oxygen atoms in total. The van der Waals surface area contributed by atoms with E-state index < -0.39 is 5.72 Å². The molecule has 2 aliphatic carbocycles. The first-order valence-electron chi connectivity index (χ1n) is 8.25. The van der Waals surface area contributed by atoms with Crippen LogP contribution in [-0.2, 0) is 19.0 Å². The molecule has 0 aromatic carbocycles. The van der Waals surface area contributed by atoms with Crippen molar-refractivity contribution in [3.63, 3.8) is 0 Å². The molecular weight excluding hydrogens is 270 g/mol. The second kappa shape index (κ2) is 4.43. The number of amides is 1. The monoisotopic (exact) mass is 295 g/mol. The summed E-state index contributed by atoms with van der Waals surface area (Å²) in [5.74, 6) is -0.296. The molecule has 2 saturated heterocycles. The highest BCUT2D eigenvalue weighted by molar-refractivity contribution is 5.75.